The molecule has 0 aliphatic heterocycles. The molecule has 1 aliphatic rings. The topological polar surface area (TPSA) is 34.2 Å². The molecule has 0 amide bonds. The van der Waals surface area contributed by atoms with Crippen LogP contribution in [0.4, 0.5) is 5.69 Å². The Morgan fingerprint density at radius 3 is 2.79 bits per heavy atom. The van der Waals surface area contributed by atoms with Crippen LogP contribution in [0, 0.1) is 0 Å². The van der Waals surface area contributed by atoms with Gasteiger partial charge in [0.25, 0.3) is 0 Å². The van der Waals surface area contributed by atoms with Crippen LogP contribution in [0.2, 0.25) is 0 Å². The van der Waals surface area contributed by atoms with E-state index in [1.807, 2.05) is 0 Å². The van der Waals surface area contributed by atoms with E-state index in [9.17, 15) is 0 Å². The summed E-state index contributed by atoms with van der Waals surface area (Å²) in [5.74, 6) is 0. The molecule has 3 nitrogen and oxygen atoms in total. The van der Waals surface area contributed by atoms with Crippen LogP contribution in [0.5, 0.6) is 0 Å². The van der Waals surface area contributed by atoms with Crippen LogP contribution in [-0.4, -0.2) is 18.7 Å². The van der Waals surface area contributed by atoms with Crippen molar-refractivity contribution in [3.8, 4) is 5.69 Å². The second-order valence-electron chi connectivity index (χ2n) is 5.47. The summed E-state index contributed by atoms with van der Waals surface area (Å²) in [4.78, 5) is 2.16. The molecule has 2 N–H and O–H groups in total. The van der Waals surface area contributed by atoms with Gasteiger partial charge in [-0.2, -0.15) is 0 Å². The average Bonchev–Trinajstić information content (AvgIpc) is 2.84. The summed E-state index contributed by atoms with van der Waals surface area (Å²) in [6, 6.07) is 10.9. The number of anilines is 1. The lowest BCUT2D eigenvalue weighted by atomic mass is 9.93. The highest BCUT2D eigenvalue weighted by Crippen LogP contribution is 2.33. The lowest BCUT2D eigenvalue weighted by Gasteiger charge is -2.23. The first-order valence-electron chi connectivity index (χ1n) is 6.91. The summed E-state index contributed by atoms with van der Waals surface area (Å²) >= 11 is 0. The summed E-state index contributed by atoms with van der Waals surface area (Å²) < 4.78 is 2.31. The zero-order valence-electron chi connectivity index (χ0n) is 11.6. The average molecular weight is 255 g/mol. The highest BCUT2D eigenvalue weighted by atomic mass is 15.1. The molecule has 0 radical (unpaired) electrons. The van der Waals surface area contributed by atoms with Crippen molar-refractivity contribution in [1.29, 1.82) is 0 Å². The third kappa shape index (κ3) is 2.04. The Morgan fingerprint density at radius 1 is 1.21 bits per heavy atom. The summed E-state index contributed by atoms with van der Waals surface area (Å²) in [7, 11) is 4.17. The highest BCUT2D eigenvalue weighted by molar-refractivity contribution is 5.63. The minimum absolute atomic E-state index is 0.205. The Kier molecular flexibility index (Phi) is 3.07. The van der Waals surface area contributed by atoms with Crippen molar-refractivity contribution in [3.05, 3.63) is 47.8 Å². The molecule has 0 saturated heterocycles. The van der Waals surface area contributed by atoms with Crippen molar-refractivity contribution >= 4 is 5.69 Å². The molecule has 1 aliphatic carbocycles. The molecule has 100 valence electrons. The highest BCUT2D eigenvalue weighted by Gasteiger charge is 2.21. The Morgan fingerprint density at radius 2 is 2.00 bits per heavy atom. The fourth-order valence-electron chi connectivity index (χ4n) is 3.00. The van der Waals surface area contributed by atoms with Gasteiger partial charge in [-0.15, -0.1) is 0 Å². The molecular weight excluding hydrogens is 234 g/mol. The van der Waals surface area contributed by atoms with Crippen LogP contribution in [-0.2, 0) is 6.42 Å². The van der Waals surface area contributed by atoms with E-state index in [1.165, 1.54) is 29.1 Å². The van der Waals surface area contributed by atoms with Gasteiger partial charge in [0, 0.05) is 32.0 Å². The van der Waals surface area contributed by atoms with Crippen LogP contribution >= 0.6 is 0 Å². The largest absolute Gasteiger partial charge is 0.376 e. The summed E-state index contributed by atoms with van der Waals surface area (Å²) in [6.45, 7) is 0. The van der Waals surface area contributed by atoms with E-state index in [0.717, 1.165) is 12.8 Å². The van der Waals surface area contributed by atoms with E-state index >= 15 is 0 Å². The molecule has 0 saturated carbocycles. The van der Waals surface area contributed by atoms with Crippen LogP contribution in [0.15, 0.2) is 36.5 Å². The van der Waals surface area contributed by atoms with Crippen molar-refractivity contribution in [2.75, 3.05) is 19.0 Å². The standard InChI is InChI=1S/C16H21N3/c1-18(2)15-7-3-4-8-16(15)19-11-10-12-13(17)6-5-9-14(12)19/h3-4,7-8,10-11,13H,5-6,9,17H2,1-2H3. The third-order valence-electron chi connectivity index (χ3n) is 3.98. The van der Waals surface area contributed by atoms with E-state index in [-0.39, 0.29) is 6.04 Å². The molecule has 1 aromatic carbocycles. The summed E-state index contributed by atoms with van der Waals surface area (Å²) in [5.41, 5.74) is 11.4. The Hall–Kier alpha value is -1.74. The van der Waals surface area contributed by atoms with Gasteiger partial charge in [-0.1, -0.05) is 12.1 Å². The predicted octanol–water partition coefficient (Wildman–Crippen LogP) is 2.88. The molecule has 3 rings (SSSR count). The van der Waals surface area contributed by atoms with Gasteiger partial charge in [0.1, 0.15) is 0 Å². The number of rotatable bonds is 2. The fraction of sp³-hybridized carbons (Fsp3) is 0.375. The first-order chi connectivity index (χ1) is 9.18. The Bertz CT molecular complexity index is 583. The zero-order chi connectivity index (χ0) is 13.4. The second kappa shape index (κ2) is 4.74. The molecule has 0 bridgehead atoms. The predicted molar refractivity (Wildman–Crippen MR) is 80.0 cm³/mol. The first kappa shape index (κ1) is 12.3. The van der Waals surface area contributed by atoms with Crippen molar-refractivity contribution in [2.24, 2.45) is 5.73 Å². The second-order valence-corrected chi connectivity index (χ2v) is 5.47. The monoisotopic (exact) mass is 255 g/mol. The molecule has 2 aromatic rings. The minimum atomic E-state index is 0.205. The number of hydrogen-bond acceptors (Lipinski definition) is 2. The summed E-state index contributed by atoms with van der Waals surface area (Å²) in [5, 5.41) is 0. The maximum absolute atomic E-state index is 6.21. The normalized spacial score (nSPS) is 18.2. The Balaban J connectivity index is 2.13. The van der Waals surface area contributed by atoms with Crippen molar-refractivity contribution in [3.63, 3.8) is 0 Å². The molecule has 0 fully saturated rings. The van der Waals surface area contributed by atoms with E-state index in [1.54, 1.807) is 0 Å². The number of fused-ring (bicyclic) bond motifs is 1. The van der Waals surface area contributed by atoms with E-state index in [0.29, 0.717) is 0 Å². The maximum atomic E-state index is 6.21. The van der Waals surface area contributed by atoms with Gasteiger partial charge < -0.3 is 15.2 Å². The molecule has 3 heteroatoms. The van der Waals surface area contributed by atoms with Gasteiger partial charge in [-0.3, -0.25) is 0 Å². The number of benzene rings is 1. The maximum Gasteiger partial charge on any atom is 0.0687 e. The van der Waals surface area contributed by atoms with Gasteiger partial charge in [0.05, 0.1) is 11.4 Å². The molecule has 0 spiro atoms. The lowest BCUT2D eigenvalue weighted by molar-refractivity contribution is 0.560. The first-order valence-corrected chi connectivity index (χ1v) is 6.91. The third-order valence-corrected chi connectivity index (χ3v) is 3.98. The van der Waals surface area contributed by atoms with E-state index in [4.69, 9.17) is 5.73 Å². The van der Waals surface area contributed by atoms with Crippen LogP contribution in [0.3, 0.4) is 0 Å². The molecule has 1 atom stereocenters. The van der Waals surface area contributed by atoms with Gasteiger partial charge >= 0.3 is 0 Å². The fourth-order valence-corrected chi connectivity index (χ4v) is 3.00. The molecule has 1 heterocycles. The van der Waals surface area contributed by atoms with E-state index in [2.05, 4.69) is 60.1 Å². The number of hydrogen-bond donors (Lipinski definition) is 1. The lowest BCUT2D eigenvalue weighted by Crippen LogP contribution is -2.18. The number of nitrogens with zero attached hydrogens (tertiary/aromatic N) is 2. The van der Waals surface area contributed by atoms with Crippen molar-refractivity contribution in [1.82, 2.24) is 4.57 Å². The number of aromatic nitrogens is 1. The van der Waals surface area contributed by atoms with Crippen LogP contribution in [0.1, 0.15) is 30.1 Å². The Labute approximate surface area is 114 Å². The number of nitrogens with two attached hydrogens (primary N) is 1. The minimum Gasteiger partial charge on any atom is -0.376 e. The smallest absolute Gasteiger partial charge is 0.0687 e. The van der Waals surface area contributed by atoms with E-state index < -0.39 is 0 Å². The van der Waals surface area contributed by atoms with Gasteiger partial charge in [0.2, 0.25) is 0 Å². The molecule has 19 heavy (non-hydrogen) atoms. The SMILES string of the molecule is CN(C)c1ccccc1-n1ccc2c1CCCC2N. The molecule has 1 aromatic heterocycles. The van der Waals surface area contributed by atoms with Gasteiger partial charge in [0.15, 0.2) is 0 Å². The van der Waals surface area contributed by atoms with Crippen molar-refractivity contribution < 1.29 is 0 Å². The van der Waals surface area contributed by atoms with Gasteiger partial charge in [-0.25, -0.2) is 0 Å². The number of para-hydroxylation sites is 2. The van der Waals surface area contributed by atoms with Gasteiger partial charge in [-0.05, 0) is 43.0 Å². The molecule has 1 unspecified atom stereocenters. The quantitative estimate of drug-likeness (QED) is 0.895. The zero-order valence-corrected chi connectivity index (χ0v) is 11.6. The van der Waals surface area contributed by atoms with Crippen molar-refractivity contribution in [2.45, 2.75) is 25.3 Å². The molecular formula is C16H21N3. The van der Waals surface area contributed by atoms with Crippen LogP contribution in [0.25, 0.3) is 5.69 Å². The van der Waals surface area contributed by atoms with Crippen LogP contribution < -0.4 is 10.6 Å². The summed E-state index contributed by atoms with van der Waals surface area (Å²) in [6.07, 6.45) is 5.57.